The van der Waals surface area contributed by atoms with E-state index in [4.69, 9.17) is 10.5 Å². The second-order valence-corrected chi connectivity index (χ2v) is 8.02. The summed E-state index contributed by atoms with van der Waals surface area (Å²) in [6, 6.07) is 0.0476. The predicted molar refractivity (Wildman–Crippen MR) is 88.6 cm³/mol. The topological polar surface area (TPSA) is 76.4 Å². The van der Waals surface area contributed by atoms with Gasteiger partial charge in [-0.05, 0) is 77.7 Å². The molecule has 0 bridgehead atoms. The molecule has 5 nitrogen and oxygen atoms in total. The molecule has 2 aliphatic rings. The van der Waals surface area contributed by atoms with E-state index in [0.29, 0.717) is 6.54 Å². The fourth-order valence-corrected chi connectivity index (χ4v) is 3.11. The first kappa shape index (κ1) is 17.5. The van der Waals surface area contributed by atoms with Gasteiger partial charge in [-0.1, -0.05) is 0 Å². The summed E-state index contributed by atoms with van der Waals surface area (Å²) in [5.74, 6) is 2.66. The van der Waals surface area contributed by atoms with E-state index in [-0.39, 0.29) is 18.2 Å². The van der Waals surface area contributed by atoms with Crippen molar-refractivity contribution < 1.29 is 9.53 Å². The standard InChI is InChI=1S/C17H33N3O2/c1-11(20-16(21)22-17(2,3)4)15(9-18)19-10-14(12-5-6-12)13-7-8-13/h11-15,19H,5-10,18H2,1-4H3,(H,20,21). The number of ether oxygens (including phenoxy) is 1. The summed E-state index contributed by atoms with van der Waals surface area (Å²) in [7, 11) is 0. The van der Waals surface area contributed by atoms with Crippen molar-refractivity contribution in [1.29, 1.82) is 0 Å². The molecule has 4 N–H and O–H groups in total. The third-order valence-electron chi connectivity index (χ3n) is 4.67. The van der Waals surface area contributed by atoms with Gasteiger partial charge >= 0.3 is 6.09 Å². The van der Waals surface area contributed by atoms with Gasteiger partial charge < -0.3 is 21.1 Å². The lowest BCUT2D eigenvalue weighted by atomic mass is 9.97. The second-order valence-electron chi connectivity index (χ2n) is 8.02. The van der Waals surface area contributed by atoms with E-state index >= 15 is 0 Å². The van der Waals surface area contributed by atoms with Gasteiger partial charge in [0.25, 0.3) is 0 Å². The van der Waals surface area contributed by atoms with Crippen LogP contribution in [0.3, 0.4) is 0 Å². The number of hydrogen-bond donors (Lipinski definition) is 3. The van der Waals surface area contributed by atoms with Gasteiger partial charge in [-0.15, -0.1) is 0 Å². The number of nitrogens with one attached hydrogen (secondary N) is 2. The second kappa shape index (κ2) is 7.18. The molecule has 2 fully saturated rings. The first-order valence-corrected chi connectivity index (χ1v) is 8.73. The zero-order valence-electron chi connectivity index (χ0n) is 14.5. The van der Waals surface area contributed by atoms with Gasteiger partial charge in [-0.25, -0.2) is 4.79 Å². The molecular formula is C17H33N3O2. The van der Waals surface area contributed by atoms with Crippen LogP contribution < -0.4 is 16.4 Å². The van der Waals surface area contributed by atoms with Crippen LogP contribution in [0.15, 0.2) is 0 Å². The zero-order chi connectivity index (χ0) is 16.3. The van der Waals surface area contributed by atoms with Crippen LogP contribution in [-0.4, -0.2) is 36.9 Å². The predicted octanol–water partition coefficient (Wildman–Crippen LogP) is 2.25. The lowest BCUT2D eigenvalue weighted by Gasteiger charge is -2.28. The van der Waals surface area contributed by atoms with Crippen LogP contribution in [0.2, 0.25) is 0 Å². The molecule has 22 heavy (non-hydrogen) atoms. The molecule has 0 aromatic rings. The molecular weight excluding hydrogens is 278 g/mol. The van der Waals surface area contributed by atoms with Gasteiger partial charge in [0.1, 0.15) is 5.60 Å². The van der Waals surface area contributed by atoms with Crippen molar-refractivity contribution in [1.82, 2.24) is 10.6 Å². The molecule has 0 aromatic heterocycles. The third kappa shape index (κ3) is 5.76. The Labute approximate surface area is 134 Å². The number of carbonyl (C=O) groups excluding carboxylic acids is 1. The SMILES string of the molecule is CC(NC(=O)OC(C)(C)C)C(CN)NCC(C1CC1)C1CC1. The molecule has 0 aromatic carbocycles. The highest BCUT2D eigenvalue weighted by atomic mass is 16.6. The Kier molecular flexibility index (Phi) is 5.72. The van der Waals surface area contributed by atoms with Crippen LogP contribution in [0, 0.1) is 17.8 Å². The molecule has 0 aliphatic heterocycles. The molecule has 5 heteroatoms. The third-order valence-corrected chi connectivity index (χ3v) is 4.67. The average Bonchev–Trinajstić information content (AvgIpc) is 3.24. The molecule has 2 aliphatic carbocycles. The van der Waals surface area contributed by atoms with Crippen molar-refractivity contribution in [2.75, 3.05) is 13.1 Å². The van der Waals surface area contributed by atoms with E-state index in [2.05, 4.69) is 10.6 Å². The van der Waals surface area contributed by atoms with Gasteiger partial charge in [0.2, 0.25) is 0 Å². The molecule has 0 heterocycles. The van der Waals surface area contributed by atoms with Crippen molar-refractivity contribution in [3.05, 3.63) is 0 Å². The maximum absolute atomic E-state index is 11.9. The molecule has 2 rings (SSSR count). The number of nitrogens with two attached hydrogens (primary N) is 1. The minimum absolute atomic E-state index is 0.0427. The molecule has 0 spiro atoms. The van der Waals surface area contributed by atoms with Crippen LogP contribution in [-0.2, 0) is 4.74 Å². The van der Waals surface area contributed by atoms with Crippen LogP contribution in [0.4, 0.5) is 4.79 Å². The average molecular weight is 311 g/mol. The van der Waals surface area contributed by atoms with Crippen molar-refractivity contribution in [2.24, 2.45) is 23.5 Å². The Morgan fingerprint density at radius 1 is 1.23 bits per heavy atom. The molecule has 128 valence electrons. The summed E-state index contributed by atoms with van der Waals surface area (Å²) in [6.45, 7) is 9.12. The van der Waals surface area contributed by atoms with E-state index in [1.807, 2.05) is 27.7 Å². The molecule has 2 atom stereocenters. The van der Waals surface area contributed by atoms with Crippen LogP contribution >= 0.6 is 0 Å². The Hall–Kier alpha value is -0.810. The first-order valence-electron chi connectivity index (χ1n) is 8.73. The van der Waals surface area contributed by atoms with Gasteiger partial charge in [0, 0.05) is 18.6 Å². The van der Waals surface area contributed by atoms with E-state index in [1.54, 1.807) is 0 Å². The van der Waals surface area contributed by atoms with E-state index in [0.717, 1.165) is 24.3 Å². The van der Waals surface area contributed by atoms with Gasteiger partial charge in [-0.2, -0.15) is 0 Å². The molecule has 1 amide bonds. The molecule has 0 radical (unpaired) electrons. The number of alkyl carbamates (subject to hydrolysis) is 1. The Balaban J connectivity index is 1.75. The summed E-state index contributed by atoms with van der Waals surface area (Å²) < 4.78 is 5.31. The lowest BCUT2D eigenvalue weighted by Crippen LogP contribution is -2.53. The van der Waals surface area contributed by atoms with Gasteiger partial charge in [-0.3, -0.25) is 0 Å². The minimum Gasteiger partial charge on any atom is -0.444 e. The van der Waals surface area contributed by atoms with Gasteiger partial charge in [0.15, 0.2) is 0 Å². The summed E-state index contributed by atoms with van der Waals surface area (Å²) in [5, 5.41) is 6.48. The molecule has 2 unspecified atom stereocenters. The number of amides is 1. The van der Waals surface area contributed by atoms with E-state index in [1.165, 1.54) is 25.7 Å². The highest BCUT2D eigenvalue weighted by Gasteiger charge is 2.41. The summed E-state index contributed by atoms with van der Waals surface area (Å²) in [4.78, 5) is 11.9. The van der Waals surface area contributed by atoms with Crippen LogP contribution in [0.5, 0.6) is 0 Å². The largest absolute Gasteiger partial charge is 0.444 e. The number of rotatable bonds is 8. The van der Waals surface area contributed by atoms with Crippen molar-refractivity contribution in [3.8, 4) is 0 Å². The smallest absolute Gasteiger partial charge is 0.407 e. The van der Waals surface area contributed by atoms with Crippen LogP contribution in [0.1, 0.15) is 53.4 Å². The molecule has 0 saturated heterocycles. The summed E-state index contributed by atoms with van der Waals surface area (Å²) in [5.41, 5.74) is 5.42. The highest BCUT2D eigenvalue weighted by molar-refractivity contribution is 5.68. The quantitative estimate of drug-likeness (QED) is 0.642. The van der Waals surface area contributed by atoms with E-state index < -0.39 is 5.60 Å². The maximum Gasteiger partial charge on any atom is 0.407 e. The fraction of sp³-hybridized carbons (Fsp3) is 0.941. The summed E-state index contributed by atoms with van der Waals surface area (Å²) >= 11 is 0. The maximum atomic E-state index is 11.9. The Bertz CT molecular complexity index is 361. The lowest BCUT2D eigenvalue weighted by molar-refractivity contribution is 0.0498. The van der Waals surface area contributed by atoms with E-state index in [9.17, 15) is 4.79 Å². The van der Waals surface area contributed by atoms with Crippen molar-refractivity contribution in [2.45, 2.75) is 71.1 Å². The Morgan fingerprint density at radius 3 is 2.18 bits per heavy atom. The van der Waals surface area contributed by atoms with Gasteiger partial charge in [0.05, 0.1) is 0 Å². The first-order chi connectivity index (χ1) is 10.3. The zero-order valence-corrected chi connectivity index (χ0v) is 14.5. The summed E-state index contributed by atoms with van der Waals surface area (Å²) in [6.07, 6.45) is 5.19. The monoisotopic (exact) mass is 311 g/mol. The fourth-order valence-electron chi connectivity index (χ4n) is 3.11. The van der Waals surface area contributed by atoms with Crippen LogP contribution in [0.25, 0.3) is 0 Å². The number of carbonyl (C=O) groups is 1. The number of hydrogen-bond acceptors (Lipinski definition) is 4. The van der Waals surface area contributed by atoms with Crippen molar-refractivity contribution >= 4 is 6.09 Å². The van der Waals surface area contributed by atoms with Crippen molar-refractivity contribution in [3.63, 3.8) is 0 Å². The Morgan fingerprint density at radius 2 is 1.77 bits per heavy atom. The highest BCUT2D eigenvalue weighted by Crippen LogP contribution is 2.48. The molecule has 2 saturated carbocycles. The minimum atomic E-state index is -0.474. The normalized spacial score (nSPS) is 21.5.